The maximum absolute atomic E-state index is 6.08. The van der Waals surface area contributed by atoms with Crippen LogP contribution in [0, 0.1) is 11.3 Å². The molecule has 0 amide bonds. The number of nitrogens with two attached hydrogens (primary N) is 1. The minimum atomic E-state index is 0.135. The first-order valence-corrected chi connectivity index (χ1v) is 8.23. The zero-order valence-corrected chi connectivity index (χ0v) is 13.3. The maximum atomic E-state index is 6.08. The molecule has 2 aliphatic rings. The number of hydrogen-bond acceptors (Lipinski definition) is 3. The van der Waals surface area contributed by atoms with Gasteiger partial charge in [-0.2, -0.15) is 0 Å². The summed E-state index contributed by atoms with van der Waals surface area (Å²) < 4.78 is 12.9. The van der Waals surface area contributed by atoms with Gasteiger partial charge >= 0.3 is 0 Å². The highest BCUT2D eigenvalue weighted by Crippen LogP contribution is 2.49. The largest absolute Gasteiger partial charge is 0.494 e. The van der Waals surface area contributed by atoms with E-state index in [1.165, 1.54) is 12.8 Å². The monoisotopic (exact) mass is 339 g/mol. The van der Waals surface area contributed by atoms with E-state index >= 15 is 0 Å². The Kier molecular flexibility index (Phi) is 4.34. The Morgan fingerprint density at radius 3 is 2.70 bits per heavy atom. The van der Waals surface area contributed by atoms with Gasteiger partial charge in [0.05, 0.1) is 12.7 Å². The lowest BCUT2D eigenvalue weighted by Gasteiger charge is -2.33. The number of benzene rings is 1. The van der Waals surface area contributed by atoms with Crippen molar-refractivity contribution < 1.29 is 9.47 Å². The fourth-order valence-corrected chi connectivity index (χ4v) is 3.50. The van der Waals surface area contributed by atoms with Crippen LogP contribution in [0.5, 0.6) is 5.75 Å². The molecule has 2 atom stereocenters. The molecule has 1 aliphatic carbocycles. The van der Waals surface area contributed by atoms with Gasteiger partial charge in [0.15, 0.2) is 0 Å². The Hall–Kier alpha value is -0.580. The number of hydrogen-bond donors (Lipinski definition) is 1. The van der Waals surface area contributed by atoms with E-state index in [9.17, 15) is 0 Å². The fourth-order valence-electron chi connectivity index (χ4n) is 3.23. The number of halogens is 1. The zero-order valence-electron chi connectivity index (χ0n) is 11.7. The van der Waals surface area contributed by atoms with E-state index in [1.54, 1.807) is 0 Å². The van der Waals surface area contributed by atoms with Crippen LogP contribution in [0.4, 0.5) is 0 Å². The SMILES string of the molecule is NCC1(CCOc2ccc(Br)cc2)CCOC1C1CC1. The molecule has 110 valence electrons. The number of rotatable bonds is 6. The van der Waals surface area contributed by atoms with Gasteiger partial charge in [0.1, 0.15) is 5.75 Å². The molecule has 1 aliphatic heterocycles. The Bertz CT molecular complexity index is 446. The molecular formula is C16H22BrNO2. The maximum Gasteiger partial charge on any atom is 0.119 e. The summed E-state index contributed by atoms with van der Waals surface area (Å²) in [4.78, 5) is 0. The van der Waals surface area contributed by atoms with Crippen molar-refractivity contribution in [3.8, 4) is 5.75 Å². The standard InChI is InChI=1S/C16H22BrNO2/c17-13-3-5-14(6-4-13)19-9-7-16(11-18)8-10-20-15(16)12-1-2-12/h3-6,12,15H,1-2,7-11,18H2. The Labute approximate surface area is 129 Å². The van der Waals surface area contributed by atoms with Crippen LogP contribution in [-0.4, -0.2) is 25.9 Å². The lowest BCUT2D eigenvalue weighted by Crippen LogP contribution is -2.40. The predicted molar refractivity (Wildman–Crippen MR) is 82.8 cm³/mol. The summed E-state index contributed by atoms with van der Waals surface area (Å²) in [7, 11) is 0. The molecule has 3 nitrogen and oxygen atoms in total. The van der Waals surface area contributed by atoms with E-state index in [2.05, 4.69) is 15.9 Å². The second-order valence-corrected chi connectivity index (χ2v) is 6.91. The smallest absolute Gasteiger partial charge is 0.119 e. The quantitative estimate of drug-likeness (QED) is 0.864. The van der Waals surface area contributed by atoms with Gasteiger partial charge in [-0.15, -0.1) is 0 Å². The van der Waals surface area contributed by atoms with Crippen LogP contribution in [0.2, 0.25) is 0 Å². The normalized spacial score (nSPS) is 29.6. The first-order valence-electron chi connectivity index (χ1n) is 7.43. The Morgan fingerprint density at radius 2 is 2.05 bits per heavy atom. The summed E-state index contributed by atoms with van der Waals surface area (Å²) in [5.41, 5.74) is 6.22. The highest BCUT2D eigenvalue weighted by molar-refractivity contribution is 9.10. The average Bonchev–Trinajstić information content (AvgIpc) is 3.22. The average molecular weight is 340 g/mol. The van der Waals surface area contributed by atoms with Crippen molar-refractivity contribution in [2.45, 2.75) is 31.8 Å². The van der Waals surface area contributed by atoms with Crippen molar-refractivity contribution in [3.63, 3.8) is 0 Å². The molecule has 20 heavy (non-hydrogen) atoms. The molecule has 4 heteroatoms. The third-order valence-electron chi connectivity index (χ3n) is 4.64. The van der Waals surface area contributed by atoms with Crippen LogP contribution >= 0.6 is 15.9 Å². The van der Waals surface area contributed by atoms with E-state index in [0.717, 1.165) is 35.6 Å². The molecule has 0 radical (unpaired) electrons. The molecule has 0 spiro atoms. The van der Waals surface area contributed by atoms with Crippen molar-refractivity contribution in [2.75, 3.05) is 19.8 Å². The molecule has 2 unspecified atom stereocenters. The minimum absolute atomic E-state index is 0.135. The van der Waals surface area contributed by atoms with Crippen molar-refractivity contribution in [1.82, 2.24) is 0 Å². The van der Waals surface area contributed by atoms with Crippen molar-refractivity contribution in [1.29, 1.82) is 0 Å². The van der Waals surface area contributed by atoms with Gasteiger partial charge < -0.3 is 15.2 Å². The molecule has 1 saturated carbocycles. The predicted octanol–water partition coefficient (Wildman–Crippen LogP) is 3.36. The van der Waals surface area contributed by atoms with Crippen molar-refractivity contribution >= 4 is 15.9 Å². The molecule has 2 N–H and O–H groups in total. The van der Waals surface area contributed by atoms with Crippen LogP contribution < -0.4 is 10.5 Å². The molecule has 1 heterocycles. The van der Waals surface area contributed by atoms with E-state index in [-0.39, 0.29) is 5.41 Å². The topological polar surface area (TPSA) is 44.5 Å². The van der Waals surface area contributed by atoms with E-state index < -0.39 is 0 Å². The summed E-state index contributed by atoms with van der Waals surface area (Å²) in [5, 5.41) is 0. The highest BCUT2D eigenvalue weighted by atomic mass is 79.9. The van der Waals surface area contributed by atoms with Crippen molar-refractivity contribution in [3.05, 3.63) is 28.7 Å². The van der Waals surface area contributed by atoms with E-state index in [1.807, 2.05) is 24.3 Å². The summed E-state index contributed by atoms with van der Waals surface area (Å²) >= 11 is 3.43. The number of ether oxygens (including phenoxy) is 2. The molecule has 0 aromatic heterocycles. The molecule has 1 saturated heterocycles. The fraction of sp³-hybridized carbons (Fsp3) is 0.625. The Morgan fingerprint density at radius 1 is 1.30 bits per heavy atom. The van der Waals surface area contributed by atoms with E-state index in [4.69, 9.17) is 15.2 Å². The van der Waals surface area contributed by atoms with Gasteiger partial charge in [-0.05, 0) is 55.9 Å². The summed E-state index contributed by atoms with van der Waals surface area (Å²) in [6, 6.07) is 7.98. The van der Waals surface area contributed by atoms with Gasteiger partial charge in [0.25, 0.3) is 0 Å². The molecule has 0 bridgehead atoms. The van der Waals surface area contributed by atoms with Gasteiger partial charge in [-0.25, -0.2) is 0 Å². The molecule has 3 rings (SSSR count). The second-order valence-electron chi connectivity index (χ2n) is 6.00. The van der Waals surface area contributed by atoms with E-state index in [0.29, 0.717) is 19.3 Å². The first kappa shape index (κ1) is 14.4. The summed E-state index contributed by atoms with van der Waals surface area (Å²) in [5.74, 6) is 1.66. The second kappa shape index (κ2) is 6.04. The van der Waals surface area contributed by atoms with Gasteiger partial charge in [-0.1, -0.05) is 15.9 Å². The van der Waals surface area contributed by atoms with Gasteiger partial charge in [0.2, 0.25) is 0 Å². The van der Waals surface area contributed by atoms with Crippen molar-refractivity contribution in [2.24, 2.45) is 17.1 Å². The first-order chi connectivity index (χ1) is 9.73. The van der Waals surface area contributed by atoms with Crippen LogP contribution in [-0.2, 0) is 4.74 Å². The third kappa shape index (κ3) is 3.02. The lowest BCUT2D eigenvalue weighted by molar-refractivity contribution is 0.0244. The summed E-state index contributed by atoms with van der Waals surface area (Å²) in [6.07, 6.45) is 5.04. The van der Waals surface area contributed by atoms with Crippen LogP contribution in [0.25, 0.3) is 0 Å². The zero-order chi connectivity index (χ0) is 14.0. The third-order valence-corrected chi connectivity index (χ3v) is 5.17. The van der Waals surface area contributed by atoms with Gasteiger partial charge in [-0.3, -0.25) is 0 Å². The minimum Gasteiger partial charge on any atom is -0.494 e. The van der Waals surface area contributed by atoms with Crippen LogP contribution in [0.15, 0.2) is 28.7 Å². The van der Waals surface area contributed by atoms with Crippen LogP contribution in [0.1, 0.15) is 25.7 Å². The van der Waals surface area contributed by atoms with Gasteiger partial charge in [0, 0.05) is 23.0 Å². The summed E-state index contributed by atoms with van der Waals surface area (Å²) in [6.45, 7) is 2.28. The molecule has 2 fully saturated rings. The lowest BCUT2D eigenvalue weighted by atomic mass is 9.76. The highest BCUT2D eigenvalue weighted by Gasteiger charge is 2.49. The molecule has 1 aromatic rings. The Balaban J connectivity index is 1.56. The van der Waals surface area contributed by atoms with Crippen LogP contribution in [0.3, 0.4) is 0 Å². The molecule has 1 aromatic carbocycles. The molecular weight excluding hydrogens is 318 g/mol.